The first kappa shape index (κ1) is 12.5. The Hall–Kier alpha value is -0.960. The van der Waals surface area contributed by atoms with E-state index in [0.29, 0.717) is 6.54 Å². The lowest BCUT2D eigenvalue weighted by molar-refractivity contribution is 1.07. The number of halogens is 1. The number of nitrogens with two attached hydrogens (primary N) is 1. The predicted octanol–water partition coefficient (Wildman–Crippen LogP) is 4.09. The largest absolute Gasteiger partial charge is 0.326 e. The van der Waals surface area contributed by atoms with Crippen LogP contribution in [0.25, 0.3) is 0 Å². The van der Waals surface area contributed by atoms with E-state index in [-0.39, 0.29) is 0 Å². The van der Waals surface area contributed by atoms with Crippen LogP contribution in [0, 0.1) is 0 Å². The first-order valence-electron chi connectivity index (χ1n) is 5.44. The van der Waals surface area contributed by atoms with Gasteiger partial charge in [0.1, 0.15) is 0 Å². The van der Waals surface area contributed by atoms with Crippen LogP contribution in [-0.2, 0) is 12.3 Å². The Labute approximate surface area is 111 Å². The Morgan fingerprint density at radius 1 is 1.00 bits per heavy atom. The van der Waals surface area contributed by atoms with Crippen molar-refractivity contribution in [2.24, 2.45) is 5.73 Å². The summed E-state index contributed by atoms with van der Waals surface area (Å²) in [6.45, 7) is 0.596. The van der Waals surface area contributed by atoms with Crippen molar-refractivity contribution in [2.45, 2.75) is 17.2 Å². The van der Waals surface area contributed by atoms with Gasteiger partial charge >= 0.3 is 0 Å². The molecule has 0 spiro atoms. The molecule has 2 aromatic rings. The Balaban J connectivity index is 1.97. The molecule has 88 valence electrons. The van der Waals surface area contributed by atoms with Crippen LogP contribution >= 0.6 is 23.4 Å². The van der Waals surface area contributed by atoms with Crippen LogP contribution in [0.2, 0.25) is 5.02 Å². The van der Waals surface area contributed by atoms with Crippen molar-refractivity contribution in [3.8, 4) is 0 Å². The smallest absolute Gasteiger partial charge is 0.0409 e. The first-order valence-corrected chi connectivity index (χ1v) is 6.80. The summed E-state index contributed by atoms with van der Waals surface area (Å²) in [6.07, 6.45) is 0. The second-order valence-corrected chi connectivity index (χ2v) is 5.25. The molecule has 0 aliphatic rings. The van der Waals surface area contributed by atoms with Gasteiger partial charge in [0.05, 0.1) is 0 Å². The molecule has 0 bridgehead atoms. The molecular weight excluding hydrogens is 250 g/mol. The zero-order valence-corrected chi connectivity index (χ0v) is 11.0. The van der Waals surface area contributed by atoms with Crippen LogP contribution in [-0.4, -0.2) is 0 Å². The summed E-state index contributed by atoms with van der Waals surface area (Å²) < 4.78 is 0. The maximum Gasteiger partial charge on any atom is 0.0409 e. The van der Waals surface area contributed by atoms with Crippen molar-refractivity contribution in [3.63, 3.8) is 0 Å². The van der Waals surface area contributed by atoms with Crippen molar-refractivity contribution in [3.05, 3.63) is 64.7 Å². The molecule has 1 nitrogen and oxygen atoms in total. The Bertz CT molecular complexity index is 482. The highest BCUT2D eigenvalue weighted by atomic mass is 35.5. The summed E-state index contributed by atoms with van der Waals surface area (Å²) in [6, 6.07) is 16.3. The van der Waals surface area contributed by atoms with Crippen LogP contribution in [0.3, 0.4) is 0 Å². The summed E-state index contributed by atoms with van der Waals surface area (Å²) in [5.41, 5.74) is 7.97. The summed E-state index contributed by atoms with van der Waals surface area (Å²) in [5, 5.41) is 0.793. The topological polar surface area (TPSA) is 26.0 Å². The highest BCUT2D eigenvalue weighted by Crippen LogP contribution is 2.24. The molecule has 3 heteroatoms. The van der Waals surface area contributed by atoms with Gasteiger partial charge < -0.3 is 5.73 Å². The summed E-state index contributed by atoms with van der Waals surface area (Å²) in [7, 11) is 0. The maximum absolute atomic E-state index is 5.94. The van der Waals surface area contributed by atoms with Crippen molar-refractivity contribution in [1.82, 2.24) is 0 Å². The standard InChI is InChI=1S/C14H14ClNS/c15-13-3-1-2-12(8-13)10-17-14-6-4-11(9-16)5-7-14/h1-8H,9-10,16H2. The van der Waals surface area contributed by atoms with Crippen LogP contribution in [0.15, 0.2) is 53.4 Å². The van der Waals surface area contributed by atoms with Crippen LogP contribution in [0.4, 0.5) is 0 Å². The third-order valence-electron chi connectivity index (χ3n) is 2.45. The van der Waals surface area contributed by atoms with E-state index in [1.165, 1.54) is 10.5 Å². The monoisotopic (exact) mass is 263 g/mol. The fraction of sp³-hybridized carbons (Fsp3) is 0.143. The molecule has 2 N–H and O–H groups in total. The molecule has 0 amide bonds. The number of thioether (sulfide) groups is 1. The molecule has 0 aromatic heterocycles. The maximum atomic E-state index is 5.94. The van der Waals surface area contributed by atoms with Gasteiger partial charge in [-0.05, 0) is 35.4 Å². The number of rotatable bonds is 4. The minimum Gasteiger partial charge on any atom is -0.326 e. The van der Waals surface area contributed by atoms with E-state index in [2.05, 4.69) is 30.3 Å². The molecule has 0 atom stereocenters. The van der Waals surface area contributed by atoms with E-state index in [4.69, 9.17) is 17.3 Å². The molecule has 0 aliphatic heterocycles. The molecule has 2 rings (SSSR count). The van der Waals surface area contributed by atoms with Gasteiger partial charge in [-0.1, -0.05) is 35.9 Å². The van der Waals surface area contributed by atoms with Gasteiger partial charge in [0.15, 0.2) is 0 Å². The van der Waals surface area contributed by atoms with Gasteiger partial charge in [-0.2, -0.15) is 0 Å². The molecule has 17 heavy (non-hydrogen) atoms. The summed E-state index contributed by atoms with van der Waals surface area (Å²) in [4.78, 5) is 1.25. The van der Waals surface area contributed by atoms with Gasteiger partial charge in [-0.25, -0.2) is 0 Å². The van der Waals surface area contributed by atoms with Gasteiger partial charge in [-0.15, -0.1) is 11.8 Å². The molecule has 0 aliphatic carbocycles. The zero-order chi connectivity index (χ0) is 12.1. The van der Waals surface area contributed by atoms with Gasteiger partial charge in [0, 0.05) is 22.2 Å². The average molecular weight is 264 g/mol. The Kier molecular flexibility index (Phi) is 4.49. The van der Waals surface area contributed by atoms with Crippen molar-refractivity contribution >= 4 is 23.4 Å². The number of benzene rings is 2. The van der Waals surface area contributed by atoms with Gasteiger partial charge in [0.25, 0.3) is 0 Å². The molecule has 0 saturated carbocycles. The number of hydrogen-bond donors (Lipinski definition) is 1. The molecule has 0 radical (unpaired) electrons. The predicted molar refractivity (Wildman–Crippen MR) is 75.3 cm³/mol. The van der Waals surface area contributed by atoms with Crippen molar-refractivity contribution < 1.29 is 0 Å². The molecule has 0 unspecified atom stereocenters. The normalized spacial score (nSPS) is 10.5. The third-order valence-corrected chi connectivity index (χ3v) is 3.77. The summed E-state index contributed by atoms with van der Waals surface area (Å²) >= 11 is 7.74. The van der Waals surface area contributed by atoms with Gasteiger partial charge in [0.2, 0.25) is 0 Å². The zero-order valence-electron chi connectivity index (χ0n) is 9.40. The van der Waals surface area contributed by atoms with E-state index in [1.807, 2.05) is 18.2 Å². The SMILES string of the molecule is NCc1ccc(SCc2cccc(Cl)c2)cc1. The van der Waals surface area contributed by atoms with Crippen molar-refractivity contribution in [1.29, 1.82) is 0 Å². The first-order chi connectivity index (χ1) is 8.28. The molecular formula is C14H14ClNS. The van der Waals surface area contributed by atoms with Crippen LogP contribution < -0.4 is 5.73 Å². The van der Waals surface area contributed by atoms with Gasteiger partial charge in [-0.3, -0.25) is 0 Å². The third kappa shape index (κ3) is 3.77. The Morgan fingerprint density at radius 3 is 2.41 bits per heavy atom. The fourth-order valence-electron chi connectivity index (χ4n) is 1.52. The fourth-order valence-corrected chi connectivity index (χ4v) is 2.57. The second-order valence-electron chi connectivity index (χ2n) is 3.77. The average Bonchev–Trinajstić information content (AvgIpc) is 2.37. The van der Waals surface area contributed by atoms with E-state index >= 15 is 0 Å². The minimum absolute atomic E-state index is 0.596. The van der Waals surface area contributed by atoms with E-state index in [1.54, 1.807) is 11.8 Å². The lowest BCUT2D eigenvalue weighted by Gasteiger charge is -2.03. The second kappa shape index (κ2) is 6.10. The highest BCUT2D eigenvalue weighted by Gasteiger charge is 1.97. The highest BCUT2D eigenvalue weighted by molar-refractivity contribution is 7.98. The molecule has 2 aromatic carbocycles. The van der Waals surface area contributed by atoms with E-state index in [0.717, 1.165) is 16.3 Å². The molecule has 0 saturated heterocycles. The molecule has 0 fully saturated rings. The van der Waals surface area contributed by atoms with E-state index < -0.39 is 0 Å². The van der Waals surface area contributed by atoms with Crippen LogP contribution in [0.1, 0.15) is 11.1 Å². The molecule has 0 heterocycles. The quantitative estimate of drug-likeness (QED) is 0.841. The summed E-state index contributed by atoms with van der Waals surface area (Å²) in [5.74, 6) is 0.933. The minimum atomic E-state index is 0.596. The lowest BCUT2D eigenvalue weighted by atomic mass is 10.2. The van der Waals surface area contributed by atoms with Crippen LogP contribution in [0.5, 0.6) is 0 Å². The number of hydrogen-bond acceptors (Lipinski definition) is 2. The Morgan fingerprint density at radius 2 is 1.76 bits per heavy atom. The van der Waals surface area contributed by atoms with Crippen molar-refractivity contribution in [2.75, 3.05) is 0 Å². The van der Waals surface area contributed by atoms with E-state index in [9.17, 15) is 0 Å². The lowest BCUT2D eigenvalue weighted by Crippen LogP contribution is -1.94.